The van der Waals surface area contributed by atoms with Crippen molar-refractivity contribution in [3.8, 4) is 0 Å². The molecular weight excluding hydrogens is 258 g/mol. The molecule has 0 fully saturated rings. The molecule has 2 aliphatic rings. The Kier molecular flexibility index (Phi) is 2.70. The Morgan fingerprint density at radius 2 is 2.00 bits per heavy atom. The van der Waals surface area contributed by atoms with Crippen LogP contribution in [0.15, 0.2) is 21.4 Å². The molecule has 0 radical (unpaired) electrons. The lowest BCUT2D eigenvalue weighted by Gasteiger charge is -2.12. The predicted molar refractivity (Wildman–Crippen MR) is 75.9 cm³/mol. The van der Waals surface area contributed by atoms with E-state index in [2.05, 4.69) is 4.99 Å². The minimum absolute atomic E-state index is 0.0188. The average molecular weight is 273 g/mol. The maximum absolute atomic E-state index is 12.2. The van der Waals surface area contributed by atoms with Crippen molar-refractivity contribution in [3.63, 3.8) is 0 Å². The number of nitrogen functional groups attached to an aromatic ring is 1. The Morgan fingerprint density at radius 3 is 2.65 bits per heavy atom. The van der Waals surface area contributed by atoms with Crippen LogP contribution in [0.1, 0.15) is 19.8 Å². The van der Waals surface area contributed by atoms with E-state index < -0.39 is 0 Å². The van der Waals surface area contributed by atoms with E-state index in [1.165, 1.54) is 6.08 Å². The van der Waals surface area contributed by atoms with Crippen LogP contribution in [0.3, 0.4) is 0 Å². The molecule has 7 nitrogen and oxygen atoms in total. The molecule has 0 amide bonds. The smallest absolute Gasteiger partial charge is 0.294 e. The molecule has 2 heterocycles. The number of fused-ring (bicyclic) bond motifs is 1. The number of carbonyl (C=O) groups excluding carboxylic acids is 1. The van der Waals surface area contributed by atoms with E-state index >= 15 is 0 Å². The summed E-state index contributed by atoms with van der Waals surface area (Å²) in [5.41, 5.74) is 7.01. The number of hydrogen-bond donors (Lipinski definition) is 2. The van der Waals surface area contributed by atoms with Crippen LogP contribution in [0, 0.1) is 5.41 Å². The van der Waals surface area contributed by atoms with Crippen molar-refractivity contribution in [2.24, 2.45) is 4.99 Å². The SMILES string of the molecule is CC1=CC(=O)CC(=N)C1=Nc1c(N)n2n(c1=O)CCC2. The highest BCUT2D eigenvalue weighted by Gasteiger charge is 2.24. The number of nitrogens with one attached hydrogen (secondary N) is 1. The van der Waals surface area contributed by atoms with Crippen LogP contribution >= 0.6 is 0 Å². The van der Waals surface area contributed by atoms with E-state index in [4.69, 9.17) is 11.1 Å². The summed E-state index contributed by atoms with van der Waals surface area (Å²) < 4.78 is 3.30. The van der Waals surface area contributed by atoms with Crippen LogP contribution < -0.4 is 11.3 Å². The third-order valence-corrected chi connectivity index (χ3v) is 3.60. The Hall–Kier alpha value is -2.44. The van der Waals surface area contributed by atoms with Gasteiger partial charge >= 0.3 is 0 Å². The first kappa shape index (κ1) is 12.6. The maximum atomic E-state index is 12.2. The van der Waals surface area contributed by atoms with Gasteiger partial charge in [0.25, 0.3) is 5.56 Å². The molecule has 1 aromatic heterocycles. The maximum Gasteiger partial charge on any atom is 0.294 e. The Bertz CT molecular complexity index is 748. The molecule has 0 atom stereocenters. The molecule has 0 saturated carbocycles. The molecule has 20 heavy (non-hydrogen) atoms. The quantitative estimate of drug-likeness (QED) is 0.784. The summed E-state index contributed by atoms with van der Waals surface area (Å²) in [7, 11) is 0. The number of ketones is 1. The van der Waals surface area contributed by atoms with Crippen LogP contribution in [-0.2, 0) is 17.9 Å². The van der Waals surface area contributed by atoms with Gasteiger partial charge in [0.1, 0.15) is 0 Å². The van der Waals surface area contributed by atoms with Crippen molar-refractivity contribution in [3.05, 3.63) is 22.0 Å². The van der Waals surface area contributed by atoms with Crippen molar-refractivity contribution >= 4 is 28.7 Å². The number of nitrogens with two attached hydrogens (primary N) is 1. The summed E-state index contributed by atoms with van der Waals surface area (Å²) in [5.74, 6) is 0.216. The van der Waals surface area contributed by atoms with E-state index in [-0.39, 0.29) is 29.2 Å². The fourth-order valence-corrected chi connectivity index (χ4v) is 2.66. The molecule has 3 rings (SSSR count). The van der Waals surface area contributed by atoms with Gasteiger partial charge < -0.3 is 11.1 Å². The zero-order chi connectivity index (χ0) is 14.4. The molecule has 0 unspecified atom stereocenters. The van der Waals surface area contributed by atoms with E-state index in [9.17, 15) is 9.59 Å². The molecule has 7 heteroatoms. The normalized spacial score (nSPS) is 20.4. The third-order valence-electron chi connectivity index (χ3n) is 3.60. The summed E-state index contributed by atoms with van der Waals surface area (Å²) >= 11 is 0. The van der Waals surface area contributed by atoms with Crippen molar-refractivity contribution in [2.75, 3.05) is 5.73 Å². The molecule has 0 spiro atoms. The summed E-state index contributed by atoms with van der Waals surface area (Å²) in [6.07, 6.45) is 2.36. The second-order valence-electron chi connectivity index (χ2n) is 5.05. The van der Waals surface area contributed by atoms with Crippen LogP contribution in [0.4, 0.5) is 11.5 Å². The van der Waals surface area contributed by atoms with E-state index in [0.717, 1.165) is 6.42 Å². The first-order valence-electron chi connectivity index (χ1n) is 6.46. The molecule has 104 valence electrons. The first-order chi connectivity index (χ1) is 9.49. The second-order valence-corrected chi connectivity index (χ2v) is 5.05. The lowest BCUT2D eigenvalue weighted by atomic mass is 9.95. The zero-order valence-electron chi connectivity index (χ0n) is 11.1. The standard InChI is InChI=1S/C13H15N5O2/c1-7-5-8(19)6-9(14)10(7)16-11-12(15)17-3-2-4-18(17)13(11)20/h5,14H,2-4,6,15H2,1H3. The summed E-state index contributed by atoms with van der Waals surface area (Å²) in [4.78, 5) is 27.9. The molecule has 1 aliphatic heterocycles. The highest BCUT2D eigenvalue weighted by Crippen LogP contribution is 2.24. The average Bonchev–Trinajstić information content (AvgIpc) is 2.92. The lowest BCUT2D eigenvalue weighted by Crippen LogP contribution is -2.24. The van der Waals surface area contributed by atoms with Crippen LogP contribution in [-0.4, -0.2) is 26.6 Å². The molecule has 1 aromatic rings. The van der Waals surface area contributed by atoms with Gasteiger partial charge in [0.05, 0.1) is 17.8 Å². The molecule has 0 bridgehead atoms. The Labute approximate surface area is 114 Å². The van der Waals surface area contributed by atoms with Gasteiger partial charge in [-0.05, 0) is 25.0 Å². The number of aromatic nitrogens is 2. The number of carbonyl (C=O) groups is 1. The van der Waals surface area contributed by atoms with Crippen molar-refractivity contribution < 1.29 is 4.79 Å². The zero-order valence-corrected chi connectivity index (χ0v) is 11.1. The van der Waals surface area contributed by atoms with Crippen molar-refractivity contribution in [1.82, 2.24) is 9.36 Å². The number of allylic oxidation sites excluding steroid dienone is 2. The molecule has 1 aliphatic carbocycles. The monoisotopic (exact) mass is 273 g/mol. The third kappa shape index (κ3) is 1.74. The summed E-state index contributed by atoms with van der Waals surface area (Å²) in [5, 5.41) is 7.87. The number of rotatable bonds is 1. The molecule has 0 aromatic carbocycles. The number of hydrogen-bond acceptors (Lipinski definition) is 5. The summed E-state index contributed by atoms with van der Waals surface area (Å²) in [6, 6.07) is 0. The van der Waals surface area contributed by atoms with Gasteiger partial charge in [-0.15, -0.1) is 0 Å². The van der Waals surface area contributed by atoms with Gasteiger partial charge in [0.15, 0.2) is 17.3 Å². The number of nitrogens with zero attached hydrogens (tertiary/aromatic N) is 3. The van der Waals surface area contributed by atoms with Crippen LogP contribution in [0.2, 0.25) is 0 Å². The largest absolute Gasteiger partial charge is 0.382 e. The highest BCUT2D eigenvalue weighted by atomic mass is 16.1. The van der Waals surface area contributed by atoms with Gasteiger partial charge in [0.2, 0.25) is 0 Å². The predicted octanol–water partition coefficient (Wildman–Crippen LogP) is 0.647. The van der Waals surface area contributed by atoms with E-state index in [1.54, 1.807) is 16.3 Å². The lowest BCUT2D eigenvalue weighted by molar-refractivity contribution is -0.113. The summed E-state index contributed by atoms with van der Waals surface area (Å²) in [6.45, 7) is 3.05. The molecular formula is C13H15N5O2. The van der Waals surface area contributed by atoms with Gasteiger partial charge in [-0.2, -0.15) is 0 Å². The van der Waals surface area contributed by atoms with Crippen LogP contribution in [0.25, 0.3) is 0 Å². The Morgan fingerprint density at radius 1 is 1.30 bits per heavy atom. The highest BCUT2D eigenvalue weighted by molar-refractivity contribution is 6.52. The van der Waals surface area contributed by atoms with Crippen molar-refractivity contribution in [1.29, 1.82) is 5.41 Å². The van der Waals surface area contributed by atoms with Crippen molar-refractivity contribution in [2.45, 2.75) is 32.9 Å². The molecule has 3 N–H and O–H groups in total. The van der Waals surface area contributed by atoms with Gasteiger partial charge in [0, 0.05) is 13.1 Å². The topological polar surface area (TPSA) is 106 Å². The minimum atomic E-state index is -0.231. The molecule has 0 saturated heterocycles. The fourth-order valence-electron chi connectivity index (χ4n) is 2.66. The van der Waals surface area contributed by atoms with E-state index in [0.29, 0.717) is 30.2 Å². The fraction of sp³-hybridized carbons (Fsp3) is 0.385. The minimum Gasteiger partial charge on any atom is -0.382 e. The number of anilines is 1. The Balaban J connectivity index is 2.14. The van der Waals surface area contributed by atoms with E-state index in [1.807, 2.05) is 0 Å². The number of aliphatic imine (C=N–C) groups is 1. The van der Waals surface area contributed by atoms with Crippen LogP contribution in [0.5, 0.6) is 0 Å². The first-order valence-corrected chi connectivity index (χ1v) is 6.46. The van der Waals surface area contributed by atoms with Gasteiger partial charge in [-0.25, -0.2) is 9.67 Å². The second kappa shape index (κ2) is 4.29. The van der Waals surface area contributed by atoms with Gasteiger partial charge in [-0.3, -0.25) is 14.3 Å². The van der Waals surface area contributed by atoms with Gasteiger partial charge in [-0.1, -0.05) is 0 Å².